The molecule has 0 N–H and O–H groups in total. The summed E-state index contributed by atoms with van der Waals surface area (Å²) in [5.74, 6) is -1.87. The zero-order valence-corrected chi connectivity index (χ0v) is 14.5. The monoisotopic (exact) mass is 357 g/mol. The van der Waals surface area contributed by atoms with Crippen LogP contribution in [0, 0.1) is 11.6 Å². The van der Waals surface area contributed by atoms with Crippen LogP contribution in [-0.4, -0.2) is 23.0 Å². The normalized spacial score (nSPS) is 10.7. The number of aromatic nitrogens is 3. The predicted octanol–water partition coefficient (Wildman–Crippen LogP) is 3.41. The van der Waals surface area contributed by atoms with Gasteiger partial charge in [0.1, 0.15) is 5.69 Å². The third-order valence-electron chi connectivity index (χ3n) is 4.34. The highest BCUT2D eigenvalue weighted by molar-refractivity contribution is 6.35. The van der Waals surface area contributed by atoms with Crippen molar-refractivity contribution in [2.75, 3.05) is 0 Å². The highest BCUT2D eigenvalue weighted by atomic mass is 19.2. The van der Waals surface area contributed by atoms with Crippen LogP contribution in [0.3, 0.4) is 0 Å². The van der Waals surface area contributed by atoms with Gasteiger partial charge in [-0.3, -0.25) is 4.98 Å². The van der Waals surface area contributed by atoms with Gasteiger partial charge in [0.2, 0.25) is 0 Å². The Bertz CT molecular complexity index is 1100. The van der Waals surface area contributed by atoms with E-state index in [1.807, 2.05) is 56.4 Å². The van der Waals surface area contributed by atoms with Crippen molar-refractivity contribution in [1.82, 2.24) is 15.2 Å². The summed E-state index contributed by atoms with van der Waals surface area (Å²) in [6, 6.07) is 19.1. The molecule has 0 fully saturated rings. The van der Waals surface area contributed by atoms with Crippen molar-refractivity contribution in [3.63, 3.8) is 0 Å². The molecular formula is C21H14BF2N3. The van der Waals surface area contributed by atoms with Crippen LogP contribution in [0.1, 0.15) is 0 Å². The summed E-state index contributed by atoms with van der Waals surface area (Å²) in [5, 5.41) is 8.44. The molecule has 3 nitrogen and oxygen atoms in total. The Morgan fingerprint density at radius 3 is 2.26 bits per heavy atom. The lowest BCUT2D eigenvalue weighted by Gasteiger charge is -2.16. The molecule has 130 valence electrons. The van der Waals surface area contributed by atoms with Crippen molar-refractivity contribution in [2.45, 2.75) is 0 Å². The van der Waals surface area contributed by atoms with Crippen molar-refractivity contribution in [3.05, 3.63) is 84.6 Å². The molecule has 0 bridgehead atoms. The zero-order valence-electron chi connectivity index (χ0n) is 14.5. The smallest absolute Gasteiger partial charge is 0.168 e. The number of benzene rings is 2. The summed E-state index contributed by atoms with van der Waals surface area (Å²) in [4.78, 5) is 4.44. The van der Waals surface area contributed by atoms with Gasteiger partial charge in [-0.05, 0) is 29.8 Å². The van der Waals surface area contributed by atoms with E-state index >= 15 is 0 Å². The summed E-state index contributed by atoms with van der Waals surface area (Å²) < 4.78 is 28.4. The van der Waals surface area contributed by atoms with Crippen molar-refractivity contribution in [3.8, 4) is 33.6 Å². The molecule has 4 aromatic rings. The summed E-state index contributed by atoms with van der Waals surface area (Å²) in [5.41, 5.74) is 3.95. The molecule has 4 rings (SSSR count). The molecule has 2 aromatic heterocycles. The minimum atomic E-state index is -0.945. The molecule has 0 aliphatic carbocycles. The molecule has 0 aliphatic heterocycles. The minimum Gasteiger partial charge on any atom is -0.256 e. The second-order valence-corrected chi connectivity index (χ2v) is 6.07. The lowest BCUT2D eigenvalue weighted by Crippen LogP contribution is -2.17. The molecule has 0 unspecified atom stereocenters. The van der Waals surface area contributed by atoms with Gasteiger partial charge in [0, 0.05) is 28.5 Å². The third-order valence-corrected chi connectivity index (χ3v) is 4.34. The van der Waals surface area contributed by atoms with E-state index in [0.29, 0.717) is 16.9 Å². The molecule has 0 spiro atoms. The Hall–Kier alpha value is -3.41. The average Bonchev–Trinajstić information content (AvgIpc) is 2.71. The number of hydrogen-bond acceptors (Lipinski definition) is 3. The van der Waals surface area contributed by atoms with Gasteiger partial charge < -0.3 is 0 Å². The van der Waals surface area contributed by atoms with E-state index in [1.54, 1.807) is 6.20 Å². The fourth-order valence-corrected chi connectivity index (χ4v) is 3.11. The van der Waals surface area contributed by atoms with Crippen LogP contribution in [-0.2, 0) is 0 Å². The fourth-order valence-electron chi connectivity index (χ4n) is 3.11. The molecule has 2 aromatic carbocycles. The third kappa shape index (κ3) is 3.10. The maximum absolute atomic E-state index is 14.6. The fraction of sp³-hybridized carbons (Fsp3) is 0. The first kappa shape index (κ1) is 17.0. The van der Waals surface area contributed by atoms with Gasteiger partial charge in [0.25, 0.3) is 0 Å². The lowest BCUT2D eigenvalue weighted by molar-refractivity contribution is 0.511. The summed E-state index contributed by atoms with van der Waals surface area (Å²) in [7, 11) is 1.83. The van der Waals surface area contributed by atoms with E-state index in [0.717, 1.165) is 17.2 Å². The summed E-state index contributed by atoms with van der Waals surface area (Å²) >= 11 is 0. The van der Waals surface area contributed by atoms with Gasteiger partial charge in [-0.15, -0.1) is 0 Å². The molecule has 2 heterocycles. The van der Waals surface area contributed by atoms with Gasteiger partial charge in [0.15, 0.2) is 19.5 Å². The van der Waals surface area contributed by atoms with Gasteiger partial charge in [-0.25, -0.2) is 8.78 Å². The number of rotatable bonds is 3. The van der Waals surface area contributed by atoms with Crippen LogP contribution in [0.25, 0.3) is 33.6 Å². The van der Waals surface area contributed by atoms with E-state index in [9.17, 15) is 8.78 Å². The molecule has 0 saturated carbocycles. The van der Waals surface area contributed by atoms with Gasteiger partial charge in [0.05, 0.1) is 5.69 Å². The maximum atomic E-state index is 14.6. The first-order valence-electron chi connectivity index (χ1n) is 8.45. The number of hydrogen-bond donors (Lipinski definition) is 0. The molecule has 0 aliphatic rings. The van der Waals surface area contributed by atoms with Crippen molar-refractivity contribution in [2.24, 2.45) is 0 Å². The lowest BCUT2D eigenvalue weighted by atomic mass is 9.86. The largest absolute Gasteiger partial charge is 0.256 e. The van der Waals surface area contributed by atoms with Crippen LogP contribution in [0.4, 0.5) is 8.78 Å². The van der Waals surface area contributed by atoms with Gasteiger partial charge in [-0.2, -0.15) is 10.2 Å². The highest BCUT2D eigenvalue weighted by Crippen LogP contribution is 2.37. The Kier molecular flexibility index (Phi) is 4.46. The zero-order chi connectivity index (χ0) is 18.8. The van der Waals surface area contributed by atoms with E-state index in [4.69, 9.17) is 0 Å². The van der Waals surface area contributed by atoms with E-state index in [2.05, 4.69) is 15.2 Å². The van der Waals surface area contributed by atoms with Crippen LogP contribution >= 0.6 is 0 Å². The van der Waals surface area contributed by atoms with Crippen molar-refractivity contribution >= 4 is 13.4 Å². The van der Waals surface area contributed by atoms with Gasteiger partial charge >= 0.3 is 0 Å². The summed E-state index contributed by atoms with van der Waals surface area (Å²) in [6.45, 7) is 0. The average molecular weight is 357 g/mol. The Morgan fingerprint density at radius 1 is 0.741 bits per heavy atom. The first-order valence-corrected chi connectivity index (χ1v) is 8.45. The first-order chi connectivity index (χ1) is 13.2. The highest BCUT2D eigenvalue weighted by Gasteiger charge is 2.22. The Morgan fingerprint density at radius 2 is 1.52 bits per heavy atom. The van der Waals surface area contributed by atoms with E-state index in [1.165, 1.54) is 12.1 Å². The molecular weight excluding hydrogens is 343 g/mol. The SMILES string of the molecule is Bc1nnc(-c2cccc(F)c2F)c(-c2ccccc2)c1-c1ccccn1. The number of nitrogens with zero attached hydrogens (tertiary/aromatic N) is 3. The van der Waals surface area contributed by atoms with Crippen LogP contribution in [0.5, 0.6) is 0 Å². The summed E-state index contributed by atoms with van der Waals surface area (Å²) in [6.07, 6.45) is 1.69. The molecule has 0 atom stereocenters. The minimum absolute atomic E-state index is 0.0681. The molecule has 6 heteroatoms. The maximum Gasteiger partial charge on any atom is 0.168 e. The standard InChI is InChI=1S/C21H14BF2N3/c22-21-18(16-11-4-5-12-25-16)17(13-7-2-1-3-8-13)20(26-27-21)14-9-6-10-15(23)19(14)24/h1-12H,22H2. The van der Waals surface area contributed by atoms with Crippen LogP contribution < -0.4 is 5.59 Å². The molecule has 0 saturated heterocycles. The molecule has 0 amide bonds. The molecule has 27 heavy (non-hydrogen) atoms. The Labute approximate surface area is 156 Å². The van der Waals surface area contributed by atoms with Crippen LogP contribution in [0.2, 0.25) is 0 Å². The second kappa shape index (κ2) is 7.07. The van der Waals surface area contributed by atoms with Crippen molar-refractivity contribution in [1.29, 1.82) is 0 Å². The van der Waals surface area contributed by atoms with E-state index < -0.39 is 11.6 Å². The molecule has 0 radical (unpaired) electrons. The van der Waals surface area contributed by atoms with Gasteiger partial charge in [-0.1, -0.05) is 42.5 Å². The topological polar surface area (TPSA) is 38.7 Å². The van der Waals surface area contributed by atoms with Crippen LogP contribution in [0.15, 0.2) is 72.9 Å². The predicted molar refractivity (Wildman–Crippen MR) is 104 cm³/mol. The second-order valence-electron chi connectivity index (χ2n) is 6.07. The van der Waals surface area contributed by atoms with E-state index in [-0.39, 0.29) is 11.3 Å². The Balaban J connectivity index is 2.11. The van der Waals surface area contributed by atoms with Crippen molar-refractivity contribution < 1.29 is 8.78 Å². The number of halogens is 2. The number of pyridine rings is 1. The quantitative estimate of drug-likeness (QED) is 0.528.